The second-order valence-corrected chi connectivity index (χ2v) is 7.47. The zero-order chi connectivity index (χ0) is 13.1. The quantitative estimate of drug-likeness (QED) is 0.738. The Morgan fingerprint density at radius 1 is 0.895 bits per heavy atom. The van der Waals surface area contributed by atoms with E-state index in [1.165, 1.54) is 43.2 Å². The molecule has 2 N–H and O–H groups in total. The van der Waals surface area contributed by atoms with Gasteiger partial charge in [-0.25, -0.2) is 0 Å². The first kappa shape index (κ1) is 11.8. The normalized spacial score (nSPS) is 39.8. The number of aryl methyl sites for hydroxylation is 1. The Morgan fingerprint density at radius 3 is 2.05 bits per heavy atom. The van der Waals surface area contributed by atoms with Crippen LogP contribution in [0, 0.1) is 37.5 Å². The molecule has 4 aliphatic rings. The van der Waals surface area contributed by atoms with Crippen LogP contribution in [0.4, 0.5) is 5.69 Å². The molecule has 1 aromatic carbocycles. The summed E-state index contributed by atoms with van der Waals surface area (Å²) in [6, 6.07) is 4.62. The Labute approximate surface area is 116 Å². The van der Waals surface area contributed by atoms with Gasteiger partial charge in [0.05, 0.1) is 0 Å². The second kappa shape index (κ2) is 4.01. The van der Waals surface area contributed by atoms with Crippen molar-refractivity contribution < 1.29 is 0 Å². The molecule has 5 rings (SSSR count). The number of benzene rings is 1. The molecule has 102 valence electrons. The van der Waals surface area contributed by atoms with Crippen molar-refractivity contribution in [2.24, 2.45) is 23.7 Å². The van der Waals surface area contributed by atoms with Crippen LogP contribution in [-0.2, 0) is 0 Å². The third-order valence-electron chi connectivity index (χ3n) is 6.36. The van der Waals surface area contributed by atoms with Crippen LogP contribution in [-0.4, -0.2) is 0 Å². The lowest BCUT2D eigenvalue weighted by Gasteiger charge is -2.55. The summed E-state index contributed by atoms with van der Waals surface area (Å²) in [5.41, 5.74) is 11.5. The van der Waals surface area contributed by atoms with Gasteiger partial charge in [0, 0.05) is 5.69 Å². The summed E-state index contributed by atoms with van der Waals surface area (Å²) in [5, 5.41) is 0. The van der Waals surface area contributed by atoms with E-state index >= 15 is 0 Å². The molecule has 1 aromatic rings. The van der Waals surface area contributed by atoms with Crippen LogP contribution < -0.4 is 5.73 Å². The highest BCUT2D eigenvalue weighted by molar-refractivity contribution is 5.57. The van der Waals surface area contributed by atoms with E-state index in [2.05, 4.69) is 26.0 Å². The number of anilines is 1. The van der Waals surface area contributed by atoms with E-state index in [4.69, 9.17) is 5.73 Å². The van der Waals surface area contributed by atoms with Crippen LogP contribution in [0.3, 0.4) is 0 Å². The van der Waals surface area contributed by atoms with Gasteiger partial charge in [0.1, 0.15) is 0 Å². The first-order chi connectivity index (χ1) is 9.13. The molecular weight excluding hydrogens is 230 g/mol. The Bertz CT molecular complexity index is 489. The summed E-state index contributed by atoms with van der Waals surface area (Å²) in [6.07, 6.45) is 7.50. The molecule has 0 atom stereocenters. The standard InChI is InChI=1S/C18H25N/c1-10-3-4-16(11(2)18(10)19)17-14-6-12-5-13(8-14)9-15(17)7-12/h3-4,12-15,17H,5-9,19H2,1-2H3. The van der Waals surface area contributed by atoms with Gasteiger partial charge in [-0.15, -0.1) is 0 Å². The van der Waals surface area contributed by atoms with Crippen molar-refractivity contribution >= 4 is 5.69 Å². The van der Waals surface area contributed by atoms with Gasteiger partial charge < -0.3 is 5.73 Å². The van der Waals surface area contributed by atoms with Gasteiger partial charge in [0.15, 0.2) is 0 Å². The summed E-state index contributed by atoms with van der Waals surface area (Å²) < 4.78 is 0. The molecule has 0 amide bonds. The maximum atomic E-state index is 6.28. The van der Waals surface area contributed by atoms with Gasteiger partial charge in [-0.3, -0.25) is 0 Å². The third kappa shape index (κ3) is 1.67. The summed E-state index contributed by atoms with van der Waals surface area (Å²) in [5.74, 6) is 4.84. The van der Waals surface area contributed by atoms with Crippen LogP contribution in [0.25, 0.3) is 0 Å². The van der Waals surface area contributed by atoms with Crippen LogP contribution in [0.1, 0.15) is 54.7 Å². The number of rotatable bonds is 1. The van der Waals surface area contributed by atoms with Crippen molar-refractivity contribution in [1.82, 2.24) is 0 Å². The van der Waals surface area contributed by atoms with Gasteiger partial charge in [-0.1, -0.05) is 12.1 Å². The highest BCUT2D eigenvalue weighted by atomic mass is 14.6. The third-order valence-corrected chi connectivity index (χ3v) is 6.36. The van der Waals surface area contributed by atoms with Crippen LogP contribution >= 0.6 is 0 Å². The molecule has 0 radical (unpaired) electrons. The first-order valence-electron chi connectivity index (χ1n) is 7.99. The van der Waals surface area contributed by atoms with E-state index < -0.39 is 0 Å². The smallest absolute Gasteiger partial charge is 0.0376 e. The van der Waals surface area contributed by atoms with Gasteiger partial charge >= 0.3 is 0 Å². The molecule has 0 aliphatic heterocycles. The number of hydrogen-bond donors (Lipinski definition) is 1. The molecule has 19 heavy (non-hydrogen) atoms. The Hall–Kier alpha value is -0.980. The minimum Gasteiger partial charge on any atom is -0.398 e. The molecule has 1 nitrogen and oxygen atoms in total. The van der Waals surface area contributed by atoms with E-state index in [1.54, 1.807) is 5.56 Å². The SMILES string of the molecule is Cc1ccc(C2C3CC4CC(C3)CC2C4)c(C)c1N. The van der Waals surface area contributed by atoms with Gasteiger partial charge in [-0.2, -0.15) is 0 Å². The Balaban J connectivity index is 1.75. The van der Waals surface area contributed by atoms with E-state index in [0.29, 0.717) is 0 Å². The maximum Gasteiger partial charge on any atom is 0.0376 e. The lowest BCUT2D eigenvalue weighted by atomic mass is 9.50. The summed E-state index contributed by atoms with van der Waals surface area (Å²) in [6.45, 7) is 4.37. The van der Waals surface area contributed by atoms with E-state index in [-0.39, 0.29) is 0 Å². The molecule has 1 heteroatoms. The molecular formula is C18H25N. The zero-order valence-electron chi connectivity index (χ0n) is 12.2. The minimum absolute atomic E-state index is 0.815. The number of hydrogen-bond acceptors (Lipinski definition) is 1. The zero-order valence-corrected chi connectivity index (χ0v) is 12.2. The molecule has 4 aliphatic carbocycles. The number of nitrogens with two attached hydrogens (primary N) is 1. The van der Waals surface area contributed by atoms with Crippen molar-refractivity contribution in [3.05, 3.63) is 28.8 Å². The molecule has 4 bridgehead atoms. The molecule has 4 fully saturated rings. The van der Waals surface area contributed by atoms with Crippen LogP contribution in [0.2, 0.25) is 0 Å². The first-order valence-corrected chi connectivity index (χ1v) is 7.99. The lowest BCUT2D eigenvalue weighted by Crippen LogP contribution is -2.44. The topological polar surface area (TPSA) is 26.0 Å². The fraction of sp³-hybridized carbons (Fsp3) is 0.667. The average Bonchev–Trinajstić information content (AvgIpc) is 2.37. The van der Waals surface area contributed by atoms with Crippen molar-refractivity contribution in [2.45, 2.75) is 51.9 Å². The summed E-state index contributed by atoms with van der Waals surface area (Å²) in [4.78, 5) is 0. The Morgan fingerprint density at radius 2 is 1.47 bits per heavy atom. The highest BCUT2D eigenvalue weighted by Gasteiger charge is 2.48. The van der Waals surface area contributed by atoms with Crippen molar-refractivity contribution in [2.75, 3.05) is 5.73 Å². The fourth-order valence-electron chi connectivity index (χ4n) is 5.67. The predicted octanol–water partition coefficient (Wildman–Crippen LogP) is 4.43. The second-order valence-electron chi connectivity index (χ2n) is 7.47. The minimum atomic E-state index is 0.815. The van der Waals surface area contributed by atoms with Crippen LogP contribution in [0.5, 0.6) is 0 Å². The van der Waals surface area contributed by atoms with E-state index in [0.717, 1.165) is 35.3 Å². The van der Waals surface area contributed by atoms with E-state index in [1.807, 2.05) is 0 Å². The van der Waals surface area contributed by atoms with Crippen molar-refractivity contribution in [1.29, 1.82) is 0 Å². The average molecular weight is 255 g/mol. The maximum absolute atomic E-state index is 6.28. The lowest BCUT2D eigenvalue weighted by molar-refractivity contribution is -0.00295. The molecule has 0 unspecified atom stereocenters. The summed E-state index contributed by atoms with van der Waals surface area (Å²) >= 11 is 0. The predicted molar refractivity (Wildman–Crippen MR) is 80.1 cm³/mol. The van der Waals surface area contributed by atoms with E-state index in [9.17, 15) is 0 Å². The summed E-state index contributed by atoms with van der Waals surface area (Å²) in [7, 11) is 0. The molecule has 4 saturated carbocycles. The van der Waals surface area contributed by atoms with Crippen molar-refractivity contribution in [3.63, 3.8) is 0 Å². The van der Waals surface area contributed by atoms with Crippen molar-refractivity contribution in [3.8, 4) is 0 Å². The molecule has 0 aromatic heterocycles. The van der Waals surface area contributed by atoms with Gasteiger partial charge in [-0.05, 0) is 92.2 Å². The fourth-order valence-corrected chi connectivity index (χ4v) is 5.67. The number of nitrogen functional groups attached to an aromatic ring is 1. The molecule has 0 saturated heterocycles. The molecule has 0 spiro atoms. The van der Waals surface area contributed by atoms with Gasteiger partial charge in [0.25, 0.3) is 0 Å². The van der Waals surface area contributed by atoms with Gasteiger partial charge in [0.2, 0.25) is 0 Å². The Kier molecular flexibility index (Phi) is 2.49. The molecule has 0 heterocycles. The van der Waals surface area contributed by atoms with Crippen LogP contribution in [0.15, 0.2) is 12.1 Å². The monoisotopic (exact) mass is 255 g/mol. The largest absolute Gasteiger partial charge is 0.398 e. The highest BCUT2D eigenvalue weighted by Crippen LogP contribution is 2.60.